The molecule has 1 rings (SSSR count). The van der Waals surface area contributed by atoms with E-state index < -0.39 is 23.8 Å². The predicted molar refractivity (Wildman–Crippen MR) is 77.1 cm³/mol. The Morgan fingerprint density at radius 3 is 2.00 bits per heavy atom. The lowest BCUT2D eigenvalue weighted by atomic mass is 9.83. The largest absolute Gasteiger partial charge is 0.481 e. The number of benzene rings is 1. The van der Waals surface area contributed by atoms with Gasteiger partial charge in [-0.1, -0.05) is 32.0 Å². The second kappa shape index (κ2) is 6.55. The number of rotatable bonds is 6. The number of carboxylic acid groups (broad SMARTS) is 2. The van der Waals surface area contributed by atoms with E-state index >= 15 is 0 Å². The molecule has 0 aliphatic carbocycles. The molecule has 2 unspecified atom stereocenters. The lowest BCUT2D eigenvalue weighted by Gasteiger charge is -2.21. The van der Waals surface area contributed by atoms with Gasteiger partial charge in [-0.2, -0.15) is 0 Å². The fourth-order valence-corrected chi connectivity index (χ4v) is 2.41. The van der Waals surface area contributed by atoms with Crippen molar-refractivity contribution in [2.24, 2.45) is 5.92 Å². The van der Waals surface area contributed by atoms with Crippen molar-refractivity contribution < 1.29 is 19.8 Å². The van der Waals surface area contributed by atoms with Gasteiger partial charge in [0, 0.05) is 0 Å². The van der Waals surface area contributed by atoms with Gasteiger partial charge in [0.25, 0.3) is 0 Å². The number of carbonyl (C=O) groups is 2. The summed E-state index contributed by atoms with van der Waals surface area (Å²) in [5.41, 5.74) is 2.19. The Balaban J connectivity index is 3.43. The van der Waals surface area contributed by atoms with Gasteiger partial charge in [0.05, 0.1) is 11.8 Å². The lowest BCUT2D eigenvalue weighted by molar-refractivity contribution is -0.140. The molecule has 0 heterocycles. The Morgan fingerprint density at radius 1 is 1.00 bits per heavy atom. The van der Waals surface area contributed by atoms with Gasteiger partial charge in [-0.25, -0.2) is 0 Å². The maximum absolute atomic E-state index is 11.3. The summed E-state index contributed by atoms with van der Waals surface area (Å²) in [5.74, 6) is -2.91. The van der Waals surface area contributed by atoms with Gasteiger partial charge < -0.3 is 10.2 Å². The van der Waals surface area contributed by atoms with Crippen LogP contribution in [0.4, 0.5) is 0 Å². The first-order chi connectivity index (χ1) is 9.25. The molecule has 2 N–H and O–H groups in total. The molecule has 4 nitrogen and oxygen atoms in total. The maximum atomic E-state index is 11.3. The molecular weight excluding hydrogens is 256 g/mol. The topological polar surface area (TPSA) is 74.6 Å². The Hall–Kier alpha value is -1.84. The minimum absolute atomic E-state index is 0.380. The van der Waals surface area contributed by atoms with E-state index in [1.807, 2.05) is 12.1 Å². The summed E-state index contributed by atoms with van der Waals surface area (Å²) in [4.78, 5) is 22.6. The van der Waals surface area contributed by atoms with Gasteiger partial charge in [0.2, 0.25) is 0 Å². The average Bonchev–Trinajstić information content (AvgIpc) is 2.35. The highest BCUT2D eigenvalue weighted by Gasteiger charge is 2.26. The molecule has 0 bridgehead atoms. The third-order valence-electron chi connectivity index (χ3n) is 3.50. The number of aliphatic carboxylic acids is 2. The molecule has 2 atom stereocenters. The highest BCUT2D eigenvalue weighted by atomic mass is 16.4. The highest BCUT2D eigenvalue weighted by Crippen LogP contribution is 2.31. The summed E-state index contributed by atoms with van der Waals surface area (Å²) in [6.07, 6.45) is 0.743. The third kappa shape index (κ3) is 3.59. The van der Waals surface area contributed by atoms with Crippen LogP contribution in [0.15, 0.2) is 18.2 Å². The van der Waals surface area contributed by atoms with E-state index in [0.717, 1.165) is 12.0 Å². The predicted octanol–water partition coefficient (Wildman–Crippen LogP) is 3.26. The zero-order chi connectivity index (χ0) is 15.4. The number of carboxylic acids is 2. The van der Waals surface area contributed by atoms with Crippen molar-refractivity contribution >= 4 is 11.9 Å². The molecule has 0 aromatic heterocycles. The summed E-state index contributed by atoms with van der Waals surface area (Å²) in [6.45, 7) is 7.32. The fraction of sp³-hybridized carbons (Fsp3) is 0.500. The molecule has 0 spiro atoms. The van der Waals surface area contributed by atoms with Crippen LogP contribution in [0.2, 0.25) is 0 Å². The standard InChI is InChI=1S/C16H22O4/c1-9(2)8-12-6-5-7-13(10(3)15(17)18)14(12)11(4)16(19)20/h5-7,9-11H,8H2,1-4H3,(H,17,18)(H,19,20). The molecule has 0 aliphatic heterocycles. The van der Waals surface area contributed by atoms with Gasteiger partial charge in [-0.15, -0.1) is 0 Å². The summed E-state index contributed by atoms with van der Waals surface area (Å²) in [7, 11) is 0. The summed E-state index contributed by atoms with van der Waals surface area (Å²) in [5, 5.41) is 18.5. The normalized spacial score (nSPS) is 14.1. The fourth-order valence-electron chi connectivity index (χ4n) is 2.41. The molecule has 1 aromatic rings. The van der Waals surface area contributed by atoms with Crippen molar-refractivity contribution in [3.05, 3.63) is 34.9 Å². The van der Waals surface area contributed by atoms with Crippen LogP contribution in [0.5, 0.6) is 0 Å². The molecule has 110 valence electrons. The second-order valence-corrected chi connectivity index (χ2v) is 5.64. The molecule has 4 heteroatoms. The van der Waals surface area contributed by atoms with Crippen LogP contribution < -0.4 is 0 Å². The Kier molecular flexibility index (Phi) is 5.31. The smallest absolute Gasteiger partial charge is 0.310 e. The SMILES string of the molecule is CC(C)Cc1cccc(C(C)C(=O)O)c1C(C)C(=O)O. The van der Waals surface area contributed by atoms with Crippen molar-refractivity contribution in [2.45, 2.75) is 46.0 Å². The monoisotopic (exact) mass is 278 g/mol. The second-order valence-electron chi connectivity index (χ2n) is 5.64. The van der Waals surface area contributed by atoms with Crippen LogP contribution in [-0.4, -0.2) is 22.2 Å². The molecule has 20 heavy (non-hydrogen) atoms. The van der Waals surface area contributed by atoms with Crippen molar-refractivity contribution in [3.63, 3.8) is 0 Å². The van der Waals surface area contributed by atoms with Crippen LogP contribution in [-0.2, 0) is 16.0 Å². The zero-order valence-corrected chi connectivity index (χ0v) is 12.4. The number of hydrogen-bond donors (Lipinski definition) is 2. The summed E-state index contributed by atoms with van der Waals surface area (Å²) in [6, 6.07) is 5.43. The molecule has 0 aliphatic rings. The van der Waals surface area contributed by atoms with E-state index in [2.05, 4.69) is 13.8 Å². The van der Waals surface area contributed by atoms with Gasteiger partial charge in [0.1, 0.15) is 0 Å². The molecule has 0 saturated carbocycles. The van der Waals surface area contributed by atoms with E-state index in [9.17, 15) is 19.8 Å². The molecule has 0 amide bonds. The van der Waals surface area contributed by atoms with E-state index in [1.54, 1.807) is 19.9 Å². The molecule has 1 aromatic carbocycles. The van der Waals surface area contributed by atoms with Crippen molar-refractivity contribution in [3.8, 4) is 0 Å². The highest BCUT2D eigenvalue weighted by molar-refractivity contribution is 5.80. The molecular formula is C16H22O4. The van der Waals surface area contributed by atoms with E-state index in [4.69, 9.17) is 0 Å². The lowest BCUT2D eigenvalue weighted by Crippen LogP contribution is -2.18. The van der Waals surface area contributed by atoms with Crippen LogP contribution in [0, 0.1) is 5.92 Å². The van der Waals surface area contributed by atoms with Gasteiger partial charge >= 0.3 is 11.9 Å². The summed E-state index contributed by atoms with van der Waals surface area (Å²) < 4.78 is 0. The van der Waals surface area contributed by atoms with Crippen LogP contribution in [0.3, 0.4) is 0 Å². The van der Waals surface area contributed by atoms with E-state index in [-0.39, 0.29) is 0 Å². The first kappa shape index (κ1) is 16.2. The molecule has 0 saturated heterocycles. The van der Waals surface area contributed by atoms with Crippen LogP contribution >= 0.6 is 0 Å². The van der Waals surface area contributed by atoms with Crippen molar-refractivity contribution in [1.29, 1.82) is 0 Å². The third-order valence-corrected chi connectivity index (χ3v) is 3.50. The Morgan fingerprint density at radius 2 is 1.55 bits per heavy atom. The minimum Gasteiger partial charge on any atom is -0.481 e. The van der Waals surface area contributed by atoms with Crippen LogP contribution in [0.1, 0.15) is 56.2 Å². The first-order valence-corrected chi connectivity index (χ1v) is 6.83. The van der Waals surface area contributed by atoms with Gasteiger partial charge in [0.15, 0.2) is 0 Å². The average molecular weight is 278 g/mol. The molecule has 0 radical (unpaired) electrons. The summed E-state index contributed by atoms with van der Waals surface area (Å²) >= 11 is 0. The first-order valence-electron chi connectivity index (χ1n) is 6.83. The number of hydrogen-bond acceptors (Lipinski definition) is 2. The van der Waals surface area contributed by atoms with E-state index in [1.165, 1.54) is 0 Å². The zero-order valence-electron chi connectivity index (χ0n) is 12.4. The molecule has 0 fully saturated rings. The van der Waals surface area contributed by atoms with Crippen molar-refractivity contribution in [1.82, 2.24) is 0 Å². The van der Waals surface area contributed by atoms with Crippen LogP contribution in [0.25, 0.3) is 0 Å². The van der Waals surface area contributed by atoms with Crippen molar-refractivity contribution in [2.75, 3.05) is 0 Å². The van der Waals surface area contributed by atoms with Gasteiger partial charge in [-0.3, -0.25) is 9.59 Å². The van der Waals surface area contributed by atoms with Gasteiger partial charge in [-0.05, 0) is 42.9 Å². The minimum atomic E-state index is -0.939. The quantitative estimate of drug-likeness (QED) is 0.837. The maximum Gasteiger partial charge on any atom is 0.310 e. The van der Waals surface area contributed by atoms with E-state index in [0.29, 0.717) is 17.0 Å². The Bertz CT molecular complexity index is 505. The Labute approximate surface area is 119 Å².